The SMILES string of the molecule is CCn1cc(CN2CCc3c(c(C(=O)NCc4cccc5ccccc45)nn3CCO)C2)c2ccccc21. The largest absolute Gasteiger partial charge is 0.394 e. The van der Waals surface area contributed by atoms with Crippen LogP contribution in [0.25, 0.3) is 21.7 Å². The molecule has 0 bridgehead atoms. The van der Waals surface area contributed by atoms with Gasteiger partial charge in [-0.3, -0.25) is 14.4 Å². The highest BCUT2D eigenvalue weighted by Gasteiger charge is 2.28. The Morgan fingerprint density at radius 2 is 1.79 bits per heavy atom. The van der Waals surface area contributed by atoms with Gasteiger partial charge in [0.25, 0.3) is 5.91 Å². The smallest absolute Gasteiger partial charge is 0.272 e. The number of fused-ring (bicyclic) bond motifs is 3. The lowest BCUT2D eigenvalue weighted by Gasteiger charge is -2.27. The number of carbonyl (C=O) groups is 1. The summed E-state index contributed by atoms with van der Waals surface area (Å²) in [4.78, 5) is 15.9. The van der Waals surface area contributed by atoms with Gasteiger partial charge in [0, 0.05) is 67.5 Å². The Labute approximate surface area is 222 Å². The number of rotatable bonds is 8. The fraction of sp³-hybridized carbons (Fsp3) is 0.290. The summed E-state index contributed by atoms with van der Waals surface area (Å²) in [5.74, 6) is -0.171. The average Bonchev–Trinajstić information content (AvgIpc) is 3.50. The lowest BCUT2D eigenvalue weighted by molar-refractivity contribution is 0.0942. The molecular formula is C31H33N5O2. The fourth-order valence-electron chi connectivity index (χ4n) is 5.80. The zero-order chi connectivity index (χ0) is 26.1. The second-order valence-electron chi connectivity index (χ2n) is 9.96. The molecule has 0 unspecified atom stereocenters. The van der Waals surface area contributed by atoms with E-state index in [4.69, 9.17) is 0 Å². The first kappa shape index (κ1) is 24.4. The van der Waals surface area contributed by atoms with Gasteiger partial charge in [0.1, 0.15) is 0 Å². The van der Waals surface area contributed by atoms with Crippen molar-refractivity contribution in [1.29, 1.82) is 0 Å². The molecule has 0 spiro atoms. The Morgan fingerprint density at radius 1 is 1.00 bits per heavy atom. The molecule has 3 aromatic carbocycles. The minimum atomic E-state index is -0.171. The fourth-order valence-corrected chi connectivity index (χ4v) is 5.80. The van der Waals surface area contributed by atoms with Crippen molar-refractivity contribution < 1.29 is 9.90 Å². The highest BCUT2D eigenvalue weighted by Crippen LogP contribution is 2.28. The van der Waals surface area contributed by atoms with Gasteiger partial charge in [-0.1, -0.05) is 60.7 Å². The molecular weight excluding hydrogens is 474 g/mol. The second kappa shape index (κ2) is 10.4. The molecule has 0 saturated heterocycles. The Balaban J connectivity index is 1.25. The molecule has 7 nitrogen and oxygen atoms in total. The van der Waals surface area contributed by atoms with E-state index in [-0.39, 0.29) is 12.5 Å². The molecule has 2 aromatic heterocycles. The summed E-state index contributed by atoms with van der Waals surface area (Å²) in [6.45, 7) is 6.27. The summed E-state index contributed by atoms with van der Waals surface area (Å²) in [5.41, 5.74) is 6.13. The number of carbonyl (C=O) groups excluding carboxylic acids is 1. The highest BCUT2D eigenvalue weighted by molar-refractivity contribution is 5.94. The van der Waals surface area contributed by atoms with Crippen LogP contribution in [0.4, 0.5) is 0 Å². The highest BCUT2D eigenvalue weighted by atomic mass is 16.3. The van der Waals surface area contributed by atoms with E-state index in [9.17, 15) is 9.90 Å². The Hall–Kier alpha value is -3.94. The quantitative estimate of drug-likeness (QED) is 0.325. The summed E-state index contributed by atoms with van der Waals surface area (Å²) in [7, 11) is 0. The number of nitrogens with zero attached hydrogens (tertiary/aromatic N) is 4. The van der Waals surface area contributed by atoms with Crippen LogP contribution < -0.4 is 5.32 Å². The lowest BCUT2D eigenvalue weighted by Crippen LogP contribution is -2.32. The van der Waals surface area contributed by atoms with Crippen molar-refractivity contribution in [3.8, 4) is 0 Å². The zero-order valence-electron chi connectivity index (χ0n) is 21.7. The molecule has 0 fully saturated rings. The van der Waals surface area contributed by atoms with Gasteiger partial charge in [-0.15, -0.1) is 0 Å². The maximum atomic E-state index is 13.5. The van der Waals surface area contributed by atoms with E-state index in [2.05, 4.69) is 81.5 Å². The normalized spacial score (nSPS) is 13.7. The van der Waals surface area contributed by atoms with Crippen LogP contribution in [0.2, 0.25) is 0 Å². The number of hydrogen-bond donors (Lipinski definition) is 2. The van der Waals surface area contributed by atoms with Crippen LogP contribution in [0, 0.1) is 0 Å². The van der Waals surface area contributed by atoms with Crippen molar-refractivity contribution in [2.24, 2.45) is 0 Å². The predicted octanol–water partition coefficient (Wildman–Crippen LogP) is 4.49. The molecule has 0 saturated carbocycles. The molecule has 0 atom stereocenters. The van der Waals surface area contributed by atoms with Gasteiger partial charge in [0.2, 0.25) is 0 Å². The molecule has 38 heavy (non-hydrogen) atoms. The maximum Gasteiger partial charge on any atom is 0.272 e. The number of hydrogen-bond acceptors (Lipinski definition) is 4. The first-order chi connectivity index (χ1) is 18.7. The van der Waals surface area contributed by atoms with E-state index >= 15 is 0 Å². The van der Waals surface area contributed by atoms with E-state index in [1.54, 1.807) is 0 Å². The van der Waals surface area contributed by atoms with E-state index in [0.29, 0.717) is 25.3 Å². The number of aromatic nitrogens is 3. The van der Waals surface area contributed by atoms with Gasteiger partial charge in [-0.05, 0) is 34.9 Å². The molecule has 1 amide bonds. The number of amides is 1. The Morgan fingerprint density at radius 3 is 2.63 bits per heavy atom. The van der Waals surface area contributed by atoms with E-state index < -0.39 is 0 Å². The van der Waals surface area contributed by atoms with Crippen LogP contribution in [0.3, 0.4) is 0 Å². The number of aryl methyl sites for hydroxylation is 1. The number of benzene rings is 3. The van der Waals surface area contributed by atoms with Crippen LogP contribution in [0.5, 0.6) is 0 Å². The summed E-state index contributed by atoms with van der Waals surface area (Å²) in [5, 5.41) is 21.0. The zero-order valence-corrected chi connectivity index (χ0v) is 21.7. The maximum absolute atomic E-state index is 13.5. The van der Waals surface area contributed by atoms with Crippen molar-refractivity contribution in [1.82, 2.24) is 24.6 Å². The molecule has 1 aliphatic rings. The van der Waals surface area contributed by atoms with Crippen molar-refractivity contribution in [3.05, 3.63) is 101 Å². The molecule has 2 N–H and O–H groups in total. The Bertz CT molecular complexity index is 1610. The molecule has 194 valence electrons. The lowest BCUT2D eigenvalue weighted by atomic mass is 10.0. The predicted molar refractivity (Wildman–Crippen MR) is 150 cm³/mol. The van der Waals surface area contributed by atoms with Gasteiger partial charge in [0.15, 0.2) is 5.69 Å². The van der Waals surface area contributed by atoms with Crippen molar-refractivity contribution >= 4 is 27.6 Å². The van der Waals surface area contributed by atoms with Gasteiger partial charge >= 0.3 is 0 Å². The number of para-hydroxylation sites is 1. The molecule has 3 heterocycles. The molecule has 0 radical (unpaired) electrons. The topological polar surface area (TPSA) is 75.3 Å². The Kier molecular flexibility index (Phi) is 6.70. The van der Waals surface area contributed by atoms with Gasteiger partial charge in [-0.2, -0.15) is 5.10 Å². The third-order valence-electron chi connectivity index (χ3n) is 7.66. The van der Waals surface area contributed by atoms with E-state index in [0.717, 1.165) is 53.6 Å². The first-order valence-corrected chi connectivity index (χ1v) is 13.4. The third kappa shape index (κ3) is 4.48. The van der Waals surface area contributed by atoms with Gasteiger partial charge in [0.05, 0.1) is 13.2 Å². The average molecular weight is 508 g/mol. The number of aliphatic hydroxyl groups is 1. The van der Waals surface area contributed by atoms with Crippen LogP contribution in [0.1, 0.15) is 39.8 Å². The number of nitrogens with one attached hydrogen (secondary N) is 1. The van der Waals surface area contributed by atoms with Crippen LogP contribution in [-0.4, -0.2) is 43.4 Å². The minimum absolute atomic E-state index is 0.00851. The molecule has 0 aliphatic carbocycles. The van der Waals surface area contributed by atoms with E-state index in [1.165, 1.54) is 16.5 Å². The van der Waals surface area contributed by atoms with E-state index in [1.807, 2.05) is 22.9 Å². The third-order valence-corrected chi connectivity index (χ3v) is 7.66. The molecule has 7 heteroatoms. The monoisotopic (exact) mass is 507 g/mol. The first-order valence-electron chi connectivity index (χ1n) is 13.4. The van der Waals surface area contributed by atoms with Crippen LogP contribution >= 0.6 is 0 Å². The standard InChI is InChI=1S/C31H33N5O2/c1-2-35-20-24(26-12-5-6-13-28(26)35)19-34-15-14-29-27(21-34)30(33-36(29)16-17-37)31(38)32-18-23-10-7-9-22-8-3-4-11-25(22)23/h3-13,20,37H,2,14-19,21H2,1H3,(H,32,38). The molecule has 1 aliphatic heterocycles. The van der Waals surface area contributed by atoms with Gasteiger partial charge < -0.3 is 15.0 Å². The van der Waals surface area contributed by atoms with Crippen molar-refractivity contribution in [2.75, 3.05) is 13.2 Å². The minimum Gasteiger partial charge on any atom is -0.394 e. The van der Waals surface area contributed by atoms with Crippen LogP contribution in [-0.2, 0) is 39.1 Å². The van der Waals surface area contributed by atoms with Gasteiger partial charge in [-0.25, -0.2) is 0 Å². The van der Waals surface area contributed by atoms with Crippen LogP contribution in [0.15, 0.2) is 72.9 Å². The summed E-state index contributed by atoms with van der Waals surface area (Å²) in [6, 6.07) is 22.9. The van der Waals surface area contributed by atoms with Crippen molar-refractivity contribution in [3.63, 3.8) is 0 Å². The summed E-state index contributed by atoms with van der Waals surface area (Å²) < 4.78 is 4.12. The number of aliphatic hydroxyl groups excluding tert-OH is 1. The second-order valence-corrected chi connectivity index (χ2v) is 9.96. The molecule has 6 rings (SSSR count). The van der Waals surface area contributed by atoms with Crippen molar-refractivity contribution in [2.45, 2.75) is 46.1 Å². The summed E-state index contributed by atoms with van der Waals surface area (Å²) >= 11 is 0. The summed E-state index contributed by atoms with van der Waals surface area (Å²) in [6.07, 6.45) is 3.05. The molecule has 5 aromatic rings.